The molecule has 1 atom stereocenters. The molecule has 1 unspecified atom stereocenters. The molecule has 1 aromatic carbocycles. The quantitative estimate of drug-likeness (QED) is 0.586. The lowest BCUT2D eigenvalue weighted by atomic mass is 10.1. The molecule has 0 aliphatic rings. The van der Waals surface area contributed by atoms with Gasteiger partial charge in [-0.2, -0.15) is 5.26 Å². The van der Waals surface area contributed by atoms with Crippen LogP contribution in [-0.4, -0.2) is 6.10 Å². The molecule has 2 N–H and O–H groups in total. The van der Waals surface area contributed by atoms with E-state index >= 15 is 0 Å². The van der Waals surface area contributed by atoms with E-state index in [1.54, 1.807) is 12.1 Å². The highest BCUT2D eigenvalue weighted by atomic mass is 16.5. The molecule has 0 saturated carbocycles. The number of para-hydroxylation sites is 1. The van der Waals surface area contributed by atoms with E-state index in [0.717, 1.165) is 6.42 Å². The number of ether oxygens (including phenoxy) is 1. The van der Waals surface area contributed by atoms with Gasteiger partial charge in [-0.25, -0.2) is 0 Å². The van der Waals surface area contributed by atoms with Crippen LogP contribution in [0.15, 0.2) is 18.2 Å². The van der Waals surface area contributed by atoms with E-state index in [1.165, 1.54) is 25.7 Å². The van der Waals surface area contributed by atoms with E-state index in [-0.39, 0.29) is 6.10 Å². The minimum atomic E-state index is 0.137. The van der Waals surface area contributed by atoms with Gasteiger partial charge in [-0.05, 0) is 31.9 Å². The van der Waals surface area contributed by atoms with Gasteiger partial charge in [0.1, 0.15) is 11.8 Å². The third kappa shape index (κ3) is 4.29. The first-order chi connectivity index (χ1) is 8.69. The summed E-state index contributed by atoms with van der Waals surface area (Å²) in [7, 11) is 0. The van der Waals surface area contributed by atoms with Crippen molar-refractivity contribution in [2.45, 2.75) is 52.1 Å². The van der Waals surface area contributed by atoms with Crippen LogP contribution in [0.2, 0.25) is 0 Å². The molecule has 0 saturated heterocycles. The number of anilines is 1. The first kappa shape index (κ1) is 14.4. The first-order valence-corrected chi connectivity index (χ1v) is 6.64. The normalized spacial score (nSPS) is 11.8. The Morgan fingerprint density at radius 1 is 1.33 bits per heavy atom. The van der Waals surface area contributed by atoms with Crippen LogP contribution in [0.3, 0.4) is 0 Å². The van der Waals surface area contributed by atoms with Crippen LogP contribution in [0.25, 0.3) is 0 Å². The third-order valence-corrected chi connectivity index (χ3v) is 2.98. The predicted molar refractivity (Wildman–Crippen MR) is 74.4 cm³/mol. The number of hydrogen-bond acceptors (Lipinski definition) is 3. The van der Waals surface area contributed by atoms with Crippen molar-refractivity contribution < 1.29 is 4.74 Å². The van der Waals surface area contributed by atoms with E-state index in [9.17, 15) is 0 Å². The third-order valence-electron chi connectivity index (χ3n) is 2.98. The second-order valence-corrected chi connectivity index (χ2v) is 4.61. The van der Waals surface area contributed by atoms with Gasteiger partial charge in [-0.1, -0.05) is 32.3 Å². The molecule has 3 heteroatoms. The van der Waals surface area contributed by atoms with Gasteiger partial charge in [0.25, 0.3) is 0 Å². The topological polar surface area (TPSA) is 59.0 Å². The molecule has 0 aromatic heterocycles. The Kier molecular flexibility index (Phi) is 6.07. The van der Waals surface area contributed by atoms with Gasteiger partial charge in [0.2, 0.25) is 0 Å². The van der Waals surface area contributed by atoms with Crippen LogP contribution in [0.1, 0.15) is 51.5 Å². The van der Waals surface area contributed by atoms with E-state index < -0.39 is 0 Å². The van der Waals surface area contributed by atoms with Crippen LogP contribution in [-0.2, 0) is 0 Å². The van der Waals surface area contributed by atoms with Crippen molar-refractivity contribution in [3.63, 3.8) is 0 Å². The summed E-state index contributed by atoms with van der Waals surface area (Å²) in [5.41, 5.74) is 6.79. The molecule has 0 aliphatic carbocycles. The number of rotatable bonds is 7. The smallest absolute Gasteiger partial charge is 0.143 e. The highest BCUT2D eigenvalue weighted by molar-refractivity contribution is 5.63. The maximum Gasteiger partial charge on any atom is 0.143 e. The Labute approximate surface area is 110 Å². The monoisotopic (exact) mass is 246 g/mol. The van der Waals surface area contributed by atoms with Crippen molar-refractivity contribution >= 4 is 5.69 Å². The standard InChI is InChI=1S/C15H22N2O/c1-3-4-5-6-8-12(2)18-14-10-7-9-13(11-16)15(14)17/h7,9-10,12H,3-6,8,17H2,1-2H3. The van der Waals surface area contributed by atoms with Gasteiger partial charge < -0.3 is 10.5 Å². The summed E-state index contributed by atoms with van der Waals surface area (Å²) in [5, 5.41) is 8.89. The Hall–Kier alpha value is -1.69. The van der Waals surface area contributed by atoms with Crippen molar-refractivity contribution in [2.24, 2.45) is 0 Å². The SMILES string of the molecule is CCCCCCC(C)Oc1cccc(C#N)c1N. The van der Waals surface area contributed by atoms with Crippen molar-refractivity contribution in [1.29, 1.82) is 5.26 Å². The van der Waals surface area contributed by atoms with E-state index in [2.05, 4.69) is 13.0 Å². The number of benzene rings is 1. The van der Waals surface area contributed by atoms with Crippen LogP contribution in [0.5, 0.6) is 5.75 Å². The van der Waals surface area contributed by atoms with Crippen molar-refractivity contribution in [2.75, 3.05) is 5.73 Å². The Balaban J connectivity index is 2.49. The molecule has 0 aliphatic heterocycles. The minimum absolute atomic E-state index is 0.137. The summed E-state index contributed by atoms with van der Waals surface area (Å²) >= 11 is 0. The van der Waals surface area contributed by atoms with Crippen LogP contribution in [0.4, 0.5) is 5.69 Å². The van der Waals surface area contributed by atoms with Crippen LogP contribution in [0, 0.1) is 11.3 Å². The maximum atomic E-state index is 8.89. The highest BCUT2D eigenvalue weighted by Crippen LogP contribution is 2.26. The molecule has 18 heavy (non-hydrogen) atoms. The number of nitrogens with zero attached hydrogens (tertiary/aromatic N) is 1. The number of nitrogens with two attached hydrogens (primary N) is 1. The molecular formula is C15H22N2O. The summed E-state index contributed by atoms with van der Waals surface area (Å²) in [6, 6.07) is 7.38. The zero-order valence-electron chi connectivity index (χ0n) is 11.3. The fourth-order valence-corrected chi connectivity index (χ4v) is 1.88. The summed E-state index contributed by atoms with van der Waals surface area (Å²) in [6.45, 7) is 4.25. The largest absolute Gasteiger partial charge is 0.489 e. The summed E-state index contributed by atoms with van der Waals surface area (Å²) in [4.78, 5) is 0. The molecule has 98 valence electrons. The Morgan fingerprint density at radius 2 is 2.11 bits per heavy atom. The summed E-state index contributed by atoms with van der Waals surface area (Å²) in [5.74, 6) is 0.622. The van der Waals surface area contributed by atoms with Gasteiger partial charge in [-0.3, -0.25) is 0 Å². The fourth-order valence-electron chi connectivity index (χ4n) is 1.88. The van der Waals surface area contributed by atoms with Crippen molar-refractivity contribution in [3.8, 4) is 11.8 Å². The molecule has 0 heterocycles. The zero-order valence-corrected chi connectivity index (χ0v) is 11.3. The van der Waals surface area contributed by atoms with Crippen LogP contribution < -0.4 is 10.5 Å². The second-order valence-electron chi connectivity index (χ2n) is 4.61. The van der Waals surface area contributed by atoms with Crippen molar-refractivity contribution in [3.05, 3.63) is 23.8 Å². The van der Waals surface area contributed by atoms with E-state index in [4.69, 9.17) is 15.7 Å². The van der Waals surface area contributed by atoms with Gasteiger partial charge in [0.05, 0.1) is 17.4 Å². The van der Waals surface area contributed by atoms with E-state index in [0.29, 0.717) is 17.0 Å². The molecule has 0 amide bonds. The molecule has 0 spiro atoms. The van der Waals surface area contributed by atoms with Crippen molar-refractivity contribution in [1.82, 2.24) is 0 Å². The maximum absolute atomic E-state index is 8.89. The lowest BCUT2D eigenvalue weighted by Crippen LogP contribution is -2.13. The molecule has 0 fully saturated rings. The molecule has 0 bridgehead atoms. The fraction of sp³-hybridized carbons (Fsp3) is 0.533. The number of nitrogen functional groups attached to an aromatic ring is 1. The first-order valence-electron chi connectivity index (χ1n) is 6.64. The Morgan fingerprint density at radius 3 is 2.78 bits per heavy atom. The average Bonchev–Trinajstić information content (AvgIpc) is 2.37. The van der Waals surface area contributed by atoms with Gasteiger partial charge in [0.15, 0.2) is 0 Å². The summed E-state index contributed by atoms with van der Waals surface area (Å²) in [6.07, 6.45) is 6.10. The summed E-state index contributed by atoms with van der Waals surface area (Å²) < 4.78 is 5.79. The molecular weight excluding hydrogens is 224 g/mol. The zero-order chi connectivity index (χ0) is 13.4. The molecule has 0 radical (unpaired) electrons. The number of hydrogen-bond donors (Lipinski definition) is 1. The highest BCUT2D eigenvalue weighted by Gasteiger charge is 2.09. The number of unbranched alkanes of at least 4 members (excludes halogenated alkanes) is 3. The average molecular weight is 246 g/mol. The number of nitriles is 1. The molecule has 3 nitrogen and oxygen atoms in total. The molecule has 1 aromatic rings. The van der Waals surface area contributed by atoms with Gasteiger partial charge in [-0.15, -0.1) is 0 Å². The van der Waals surface area contributed by atoms with Crippen LogP contribution >= 0.6 is 0 Å². The van der Waals surface area contributed by atoms with E-state index in [1.807, 2.05) is 13.0 Å². The molecule has 1 rings (SSSR count). The second kappa shape index (κ2) is 7.60. The minimum Gasteiger partial charge on any atom is -0.489 e. The lowest BCUT2D eigenvalue weighted by Gasteiger charge is -2.16. The van der Waals surface area contributed by atoms with Gasteiger partial charge >= 0.3 is 0 Å². The lowest BCUT2D eigenvalue weighted by molar-refractivity contribution is 0.207. The van der Waals surface area contributed by atoms with Gasteiger partial charge in [0, 0.05) is 0 Å². The Bertz CT molecular complexity index is 409. The predicted octanol–water partition coefficient (Wildman–Crippen LogP) is 3.88.